The number of carboxylic acid groups (broad SMARTS) is 1. The van der Waals surface area contributed by atoms with Crippen LogP contribution in [-0.4, -0.2) is 37.9 Å². The van der Waals surface area contributed by atoms with Gasteiger partial charge in [-0.05, 0) is 69.7 Å². The molecule has 0 radical (unpaired) electrons. The second-order valence-corrected chi connectivity index (χ2v) is 10.4. The summed E-state index contributed by atoms with van der Waals surface area (Å²) in [5, 5.41) is 11.3. The van der Waals surface area contributed by atoms with Crippen LogP contribution in [0.3, 0.4) is 0 Å². The molecule has 0 saturated carbocycles. The predicted molar refractivity (Wildman–Crippen MR) is 123 cm³/mol. The molecule has 2 aromatic rings. The molecule has 33 heavy (non-hydrogen) atoms. The second kappa shape index (κ2) is 10.2. The Kier molecular flexibility index (Phi) is 8.10. The van der Waals surface area contributed by atoms with Gasteiger partial charge in [-0.25, -0.2) is 8.42 Å². The molecular formula is C22H25ClN2O7S. The van der Waals surface area contributed by atoms with E-state index in [1.54, 1.807) is 27.7 Å². The van der Waals surface area contributed by atoms with Crippen LogP contribution < -0.4 is 14.8 Å². The molecule has 0 heterocycles. The fraction of sp³-hybridized carbons (Fsp3) is 0.318. The summed E-state index contributed by atoms with van der Waals surface area (Å²) < 4.78 is 33.6. The summed E-state index contributed by atoms with van der Waals surface area (Å²) >= 11 is 5.95. The van der Waals surface area contributed by atoms with Crippen molar-refractivity contribution >= 4 is 45.2 Å². The number of ether oxygens (including phenoxy) is 1. The Hall–Kier alpha value is -3.11. The largest absolute Gasteiger partial charge is 0.481 e. The molecule has 0 fully saturated rings. The summed E-state index contributed by atoms with van der Waals surface area (Å²) in [7, 11) is -4.12. The van der Waals surface area contributed by atoms with E-state index < -0.39 is 33.3 Å². The molecule has 11 heteroatoms. The summed E-state index contributed by atoms with van der Waals surface area (Å²) in [5.74, 6) is -2.00. The van der Waals surface area contributed by atoms with E-state index in [2.05, 4.69) is 10.0 Å². The number of nitrogens with one attached hydrogen (secondary N) is 2. The summed E-state index contributed by atoms with van der Waals surface area (Å²) in [6.07, 6.45) is -0.293. The summed E-state index contributed by atoms with van der Waals surface area (Å²) in [6, 6.07) is 8.02. The number of rotatable bonds is 8. The third kappa shape index (κ3) is 7.19. The lowest BCUT2D eigenvalue weighted by Crippen LogP contribution is -2.27. The van der Waals surface area contributed by atoms with Crippen molar-refractivity contribution in [3.63, 3.8) is 0 Å². The van der Waals surface area contributed by atoms with Crippen LogP contribution in [0, 0.1) is 12.3 Å². The Morgan fingerprint density at radius 2 is 1.76 bits per heavy atom. The number of halogens is 1. The lowest BCUT2D eigenvalue weighted by Gasteiger charge is -2.18. The summed E-state index contributed by atoms with van der Waals surface area (Å²) in [5.41, 5.74) is -0.398. The molecule has 0 aliphatic carbocycles. The van der Waals surface area contributed by atoms with Gasteiger partial charge >= 0.3 is 11.9 Å². The Morgan fingerprint density at radius 1 is 1.09 bits per heavy atom. The van der Waals surface area contributed by atoms with Crippen LogP contribution in [0.15, 0.2) is 41.3 Å². The van der Waals surface area contributed by atoms with E-state index in [1.807, 2.05) is 0 Å². The van der Waals surface area contributed by atoms with Crippen LogP contribution in [0.1, 0.15) is 43.1 Å². The highest BCUT2D eigenvalue weighted by Crippen LogP contribution is 2.28. The lowest BCUT2D eigenvalue weighted by atomic mass is 9.97. The van der Waals surface area contributed by atoms with Gasteiger partial charge in [0.15, 0.2) is 0 Å². The zero-order chi connectivity index (χ0) is 25.0. The molecule has 0 aromatic heterocycles. The first-order chi connectivity index (χ1) is 15.2. The zero-order valence-electron chi connectivity index (χ0n) is 18.6. The van der Waals surface area contributed by atoms with Crippen LogP contribution in [-0.2, 0) is 19.6 Å². The SMILES string of the molecule is Cc1cc(S(=O)(=O)Nc2ccc(Cl)cc2C(=O)NCCC(=O)O)ccc1OC(=O)C(C)(C)C. The molecule has 178 valence electrons. The van der Waals surface area contributed by atoms with Crippen molar-refractivity contribution in [2.45, 2.75) is 39.0 Å². The fourth-order valence-electron chi connectivity index (χ4n) is 2.53. The average Bonchev–Trinajstić information content (AvgIpc) is 2.69. The zero-order valence-corrected chi connectivity index (χ0v) is 20.1. The average molecular weight is 497 g/mol. The minimum atomic E-state index is -4.12. The first kappa shape index (κ1) is 26.1. The molecule has 0 aliphatic rings. The van der Waals surface area contributed by atoms with Gasteiger partial charge in [-0.1, -0.05) is 11.6 Å². The molecule has 2 rings (SSSR count). The normalized spacial score (nSPS) is 11.5. The van der Waals surface area contributed by atoms with E-state index in [4.69, 9.17) is 21.4 Å². The fourth-order valence-corrected chi connectivity index (χ4v) is 3.87. The van der Waals surface area contributed by atoms with Gasteiger partial charge in [-0.3, -0.25) is 19.1 Å². The molecule has 0 bridgehead atoms. The minimum absolute atomic E-state index is 0.0342. The number of hydrogen-bond donors (Lipinski definition) is 3. The maximum atomic E-state index is 12.9. The van der Waals surface area contributed by atoms with Gasteiger partial charge in [-0.2, -0.15) is 0 Å². The van der Waals surface area contributed by atoms with E-state index in [-0.39, 0.29) is 39.9 Å². The smallest absolute Gasteiger partial charge is 0.316 e. The number of esters is 1. The molecule has 1 amide bonds. The number of aliphatic carboxylic acids is 1. The van der Waals surface area contributed by atoms with Gasteiger partial charge in [0.1, 0.15) is 5.75 Å². The van der Waals surface area contributed by atoms with Crippen LogP contribution in [0.25, 0.3) is 0 Å². The highest BCUT2D eigenvalue weighted by atomic mass is 35.5. The Morgan fingerprint density at radius 3 is 2.33 bits per heavy atom. The standard InChI is InChI=1S/C22H25ClN2O7S/c1-13-11-15(6-8-18(13)32-21(29)22(2,3)4)33(30,31)25-17-7-5-14(23)12-16(17)20(28)24-10-9-19(26)27/h5-8,11-12,25H,9-10H2,1-4H3,(H,24,28)(H,26,27). The summed E-state index contributed by atoms with van der Waals surface area (Å²) in [4.78, 5) is 35.1. The van der Waals surface area contributed by atoms with Gasteiger partial charge in [-0.15, -0.1) is 0 Å². The van der Waals surface area contributed by atoms with Crippen molar-refractivity contribution in [2.24, 2.45) is 5.41 Å². The molecule has 9 nitrogen and oxygen atoms in total. The van der Waals surface area contributed by atoms with Gasteiger partial charge in [0.05, 0.1) is 28.0 Å². The third-order valence-electron chi connectivity index (χ3n) is 4.37. The Bertz CT molecular complexity index is 1190. The molecule has 0 saturated heterocycles. The van der Waals surface area contributed by atoms with Crippen LogP contribution in [0.2, 0.25) is 5.02 Å². The minimum Gasteiger partial charge on any atom is -0.481 e. The van der Waals surface area contributed by atoms with Crippen molar-refractivity contribution < 1.29 is 32.6 Å². The van der Waals surface area contributed by atoms with Crippen LogP contribution >= 0.6 is 11.6 Å². The molecule has 0 unspecified atom stereocenters. The molecule has 0 atom stereocenters. The van der Waals surface area contributed by atoms with Crippen molar-refractivity contribution in [3.05, 3.63) is 52.5 Å². The number of carbonyl (C=O) groups is 3. The van der Waals surface area contributed by atoms with Crippen molar-refractivity contribution in [1.29, 1.82) is 0 Å². The number of anilines is 1. The quantitative estimate of drug-likeness (QED) is 0.374. The molecular weight excluding hydrogens is 472 g/mol. The maximum Gasteiger partial charge on any atom is 0.316 e. The molecule has 3 N–H and O–H groups in total. The number of amides is 1. The van der Waals surface area contributed by atoms with Gasteiger partial charge in [0, 0.05) is 11.6 Å². The van der Waals surface area contributed by atoms with E-state index in [9.17, 15) is 22.8 Å². The van der Waals surface area contributed by atoms with Crippen LogP contribution in [0.5, 0.6) is 5.75 Å². The lowest BCUT2D eigenvalue weighted by molar-refractivity contribution is -0.143. The second-order valence-electron chi connectivity index (χ2n) is 8.26. The molecule has 0 spiro atoms. The first-order valence-corrected chi connectivity index (χ1v) is 11.7. The topological polar surface area (TPSA) is 139 Å². The van der Waals surface area contributed by atoms with Crippen molar-refractivity contribution in [2.75, 3.05) is 11.3 Å². The first-order valence-electron chi connectivity index (χ1n) is 9.86. The van der Waals surface area contributed by atoms with Crippen molar-refractivity contribution in [1.82, 2.24) is 5.32 Å². The number of carbonyl (C=O) groups excluding carboxylic acids is 2. The van der Waals surface area contributed by atoms with E-state index in [0.29, 0.717) is 5.56 Å². The third-order valence-corrected chi connectivity index (χ3v) is 5.96. The number of sulfonamides is 1. The predicted octanol–water partition coefficient (Wildman–Crippen LogP) is 3.61. The van der Waals surface area contributed by atoms with Gasteiger partial charge in [0.2, 0.25) is 0 Å². The summed E-state index contributed by atoms with van der Waals surface area (Å²) in [6.45, 7) is 6.58. The monoisotopic (exact) mass is 496 g/mol. The maximum absolute atomic E-state index is 12.9. The molecule has 2 aromatic carbocycles. The highest BCUT2D eigenvalue weighted by Gasteiger charge is 2.25. The number of aryl methyl sites for hydroxylation is 1. The van der Waals surface area contributed by atoms with Crippen molar-refractivity contribution in [3.8, 4) is 5.75 Å². The molecule has 0 aliphatic heterocycles. The Labute approximate surface area is 197 Å². The number of carboxylic acids is 1. The van der Waals surface area contributed by atoms with Crippen LogP contribution in [0.4, 0.5) is 5.69 Å². The van der Waals surface area contributed by atoms with Gasteiger partial charge in [0.25, 0.3) is 15.9 Å². The highest BCUT2D eigenvalue weighted by molar-refractivity contribution is 7.92. The van der Waals surface area contributed by atoms with E-state index in [0.717, 1.165) is 0 Å². The van der Waals surface area contributed by atoms with E-state index >= 15 is 0 Å². The Balaban J connectivity index is 2.28. The van der Waals surface area contributed by atoms with E-state index in [1.165, 1.54) is 36.4 Å². The number of benzene rings is 2. The van der Waals surface area contributed by atoms with Gasteiger partial charge < -0.3 is 15.2 Å². The number of hydrogen-bond acceptors (Lipinski definition) is 6.